The fraction of sp³-hybridized carbons (Fsp3) is 0.583. The van der Waals surface area contributed by atoms with Gasteiger partial charge in [0.2, 0.25) is 5.91 Å². The molecule has 0 spiro atoms. The number of ether oxygens (including phenoxy) is 1. The molecule has 2 rings (SSSR count). The van der Waals surface area contributed by atoms with Crippen molar-refractivity contribution < 1.29 is 22.7 Å². The molecule has 20 heavy (non-hydrogen) atoms. The van der Waals surface area contributed by atoms with Crippen molar-refractivity contribution in [1.29, 1.82) is 0 Å². The Kier molecular flexibility index (Phi) is 4.66. The molecular weight excluding hydrogens is 275 g/mol. The molecule has 1 atom stereocenters. The number of rotatable bonds is 4. The third-order valence-electron chi connectivity index (χ3n) is 3.04. The van der Waals surface area contributed by atoms with E-state index < -0.39 is 24.7 Å². The first kappa shape index (κ1) is 14.9. The molecule has 1 aromatic rings. The van der Waals surface area contributed by atoms with Crippen LogP contribution in [0.3, 0.4) is 0 Å². The van der Waals surface area contributed by atoms with Gasteiger partial charge in [-0.05, 0) is 12.1 Å². The standard InChI is InChI=1S/C12H16F3N3O2/c13-12(14,15)8-18-4-5-20-7-10(18)11(19)17-6-9-2-1-3-16-9/h1-3,10,16H,4-8H2,(H,17,19)/t10-/m1/s1. The Morgan fingerprint density at radius 1 is 1.55 bits per heavy atom. The Balaban J connectivity index is 1.91. The molecule has 1 aliphatic heterocycles. The van der Waals surface area contributed by atoms with Crippen LogP contribution < -0.4 is 5.32 Å². The minimum absolute atomic E-state index is 0.0212. The number of alkyl halides is 3. The first-order valence-corrected chi connectivity index (χ1v) is 6.24. The highest BCUT2D eigenvalue weighted by atomic mass is 19.4. The number of nitrogens with zero attached hydrogens (tertiary/aromatic N) is 1. The topological polar surface area (TPSA) is 57.4 Å². The predicted octanol–water partition coefficient (Wildman–Crippen LogP) is 0.894. The number of hydrogen-bond acceptors (Lipinski definition) is 3. The fourth-order valence-corrected chi connectivity index (χ4v) is 2.08. The number of aromatic nitrogens is 1. The van der Waals surface area contributed by atoms with Crippen LogP contribution in [-0.2, 0) is 16.1 Å². The number of hydrogen-bond donors (Lipinski definition) is 2. The second-order valence-electron chi connectivity index (χ2n) is 4.59. The fourth-order valence-electron chi connectivity index (χ4n) is 2.08. The van der Waals surface area contributed by atoms with Gasteiger partial charge in [-0.1, -0.05) is 0 Å². The van der Waals surface area contributed by atoms with E-state index in [1.807, 2.05) is 0 Å². The van der Waals surface area contributed by atoms with E-state index in [1.54, 1.807) is 18.3 Å². The Morgan fingerprint density at radius 2 is 2.35 bits per heavy atom. The summed E-state index contributed by atoms with van der Waals surface area (Å²) >= 11 is 0. The average Bonchev–Trinajstić information content (AvgIpc) is 2.88. The number of amides is 1. The van der Waals surface area contributed by atoms with Crippen molar-refractivity contribution in [3.63, 3.8) is 0 Å². The van der Waals surface area contributed by atoms with Crippen LogP contribution in [0.1, 0.15) is 5.69 Å². The molecule has 1 amide bonds. The molecule has 5 nitrogen and oxygen atoms in total. The van der Waals surface area contributed by atoms with Crippen LogP contribution in [-0.4, -0.2) is 54.3 Å². The highest BCUT2D eigenvalue weighted by Crippen LogP contribution is 2.19. The highest BCUT2D eigenvalue weighted by molar-refractivity contribution is 5.82. The van der Waals surface area contributed by atoms with E-state index in [0.29, 0.717) is 0 Å². The summed E-state index contributed by atoms with van der Waals surface area (Å²) < 4.78 is 42.5. The van der Waals surface area contributed by atoms with Gasteiger partial charge in [-0.3, -0.25) is 9.69 Å². The van der Waals surface area contributed by atoms with Crippen molar-refractivity contribution in [1.82, 2.24) is 15.2 Å². The van der Waals surface area contributed by atoms with Crippen LogP contribution in [0.2, 0.25) is 0 Å². The van der Waals surface area contributed by atoms with Crippen molar-refractivity contribution in [2.45, 2.75) is 18.8 Å². The van der Waals surface area contributed by atoms with Crippen LogP contribution in [0, 0.1) is 0 Å². The second-order valence-corrected chi connectivity index (χ2v) is 4.59. The zero-order valence-electron chi connectivity index (χ0n) is 10.7. The number of halogens is 3. The molecule has 2 heterocycles. The first-order chi connectivity index (χ1) is 9.46. The van der Waals surface area contributed by atoms with E-state index in [0.717, 1.165) is 10.6 Å². The summed E-state index contributed by atoms with van der Waals surface area (Å²) in [6, 6.07) is 2.66. The molecule has 112 valence electrons. The third-order valence-corrected chi connectivity index (χ3v) is 3.04. The molecule has 1 aromatic heterocycles. The highest BCUT2D eigenvalue weighted by Gasteiger charge is 2.38. The lowest BCUT2D eigenvalue weighted by molar-refractivity contribution is -0.166. The minimum atomic E-state index is -4.32. The van der Waals surface area contributed by atoms with Gasteiger partial charge in [-0.2, -0.15) is 13.2 Å². The van der Waals surface area contributed by atoms with Crippen LogP contribution in [0.25, 0.3) is 0 Å². The maximum absolute atomic E-state index is 12.5. The summed E-state index contributed by atoms with van der Waals surface area (Å²) in [5, 5.41) is 2.61. The van der Waals surface area contributed by atoms with Gasteiger partial charge in [0.25, 0.3) is 0 Å². The molecule has 0 radical (unpaired) electrons. The molecule has 0 aliphatic carbocycles. The van der Waals surface area contributed by atoms with Crippen molar-refractivity contribution in [3.05, 3.63) is 24.0 Å². The van der Waals surface area contributed by atoms with E-state index in [4.69, 9.17) is 4.74 Å². The second kappa shape index (κ2) is 6.27. The number of H-pyrrole nitrogens is 1. The zero-order valence-corrected chi connectivity index (χ0v) is 10.7. The molecule has 1 fully saturated rings. The van der Waals surface area contributed by atoms with Gasteiger partial charge >= 0.3 is 6.18 Å². The summed E-state index contributed by atoms with van der Waals surface area (Å²) in [4.78, 5) is 16.0. The molecule has 0 bridgehead atoms. The lowest BCUT2D eigenvalue weighted by atomic mass is 10.2. The van der Waals surface area contributed by atoms with Crippen molar-refractivity contribution in [2.24, 2.45) is 0 Å². The average molecular weight is 291 g/mol. The summed E-state index contributed by atoms with van der Waals surface area (Å²) in [5.41, 5.74) is 0.789. The van der Waals surface area contributed by atoms with Crippen LogP contribution in [0.5, 0.6) is 0 Å². The van der Waals surface area contributed by atoms with Gasteiger partial charge in [-0.25, -0.2) is 0 Å². The van der Waals surface area contributed by atoms with E-state index >= 15 is 0 Å². The van der Waals surface area contributed by atoms with Gasteiger partial charge in [0.15, 0.2) is 0 Å². The van der Waals surface area contributed by atoms with Crippen LogP contribution in [0.15, 0.2) is 18.3 Å². The van der Waals surface area contributed by atoms with Crippen LogP contribution in [0.4, 0.5) is 13.2 Å². The largest absolute Gasteiger partial charge is 0.401 e. The predicted molar refractivity (Wildman–Crippen MR) is 64.9 cm³/mol. The number of aromatic amines is 1. The molecule has 0 saturated carbocycles. The van der Waals surface area contributed by atoms with E-state index in [1.165, 1.54) is 0 Å². The molecule has 8 heteroatoms. The van der Waals surface area contributed by atoms with E-state index in [2.05, 4.69) is 10.3 Å². The number of nitrogens with one attached hydrogen (secondary N) is 2. The third kappa shape index (κ3) is 4.24. The van der Waals surface area contributed by atoms with E-state index in [-0.39, 0.29) is 26.3 Å². The molecule has 1 aliphatic rings. The molecular formula is C12H16F3N3O2. The van der Waals surface area contributed by atoms with Gasteiger partial charge < -0.3 is 15.0 Å². The Hall–Kier alpha value is -1.54. The van der Waals surface area contributed by atoms with Gasteiger partial charge in [0.1, 0.15) is 6.04 Å². The monoisotopic (exact) mass is 291 g/mol. The number of carbonyl (C=O) groups excluding carboxylic acids is 1. The summed E-state index contributed by atoms with van der Waals surface area (Å²) in [5.74, 6) is -0.455. The Labute approximate surface area is 114 Å². The lowest BCUT2D eigenvalue weighted by Gasteiger charge is -2.34. The zero-order chi connectivity index (χ0) is 14.6. The first-order valence-electron chi connectivity index (χ1n) is 6.24. The van der Waals surface area contributed by atoms with Crippen molar-refractivity contribution in [2.75, 3.05) is 26.3 Å². The number of carbonyl (C=O) groups is 1. The Bertz CT molecular complexity index is 434. The SMILES string of the molecule is O=C(NCc1ccc[nH]1)[C@H]1COCCN1CC(F)(F)F. The van der Waals surface area contributed by atoms with Gasteiger partial charge in [-0.15, -0.1) is 0 Å². The van der Waals surface area contributed by atoms with Crippen molar-refractivity contribution in [3.8, 4) is 0 Å². The summed E-state index contributed by atoms with van der Waals surface area (Å²) in [6.07, 6.45) is -2.61. The van der Waals surface area contributed by atoms with Gasteiger partial charge in [0, 0.05) is 18.4 Å². The summed E-state index contributed by atoms with van der Waals surface area (Å²) in [6.45, 7) is -0.567. The molecule has 1 saturated heterocycles. The minimum Gasteiger partial charge on any atom is -0.378 e. The van der Waals surface area contributed by atoms with E-state index in [9.17, 15) is 18.0 Å². The number of morpholine rings is 1. The smallest absolute Gasteiger partial charge is 0.378 e. The maximum Gasteiger partial charge on any atom is 0.401 e. The maximum atomic E-state index is 12.5. The molecule has 0 unspecified atom stereocenters. The normalized spacial score (nSPS) is 20.9. The quantitative estimate of drug-likeness (QED) is 0.866. The lowest BCUT2D eigenvalue weighted by Crippen LogP contribution is -2.55. The molecule has 2 N–H and O–H groups in total. The summed E-state index contributed by atoms with van der Waals surface area (Å²) in [7, 11) is 0. The molecule has 0 aromatic carbocycles. The Morgan fingerprint density at radius 3 is 3.00 bits per heavy atom. The van der Waals surface area contributed by atoms with Crippen LogP contribution >= 0.6 is 0 Å². The van der Waals surface area contributed by atoms with Crippen molar-refractivity contribution >= 4 is 5.91 Å². The van der Waals surface area contributed by atoms with Gasteiger partial charge in [0.05, 0.1) is 26.3 Å².